The molecule has 2 atom stereocenters. The second kappa shape index (κ2) is 7.17. The molecule has 1 aliphatic heterocycles. The number of ketones is 1. The van der Waals surface area contributed by atoms with E-state index in [0.717, 1.165) is 46.1 Å². The van der Waals surface area contributed by atoms with Crippen molar-refractivity contribution in [3.63, 3.8) is 0 Å². The van der Waals surface area contributed by atoms with Crippen LogP contribution in [0.15, 0.2) is 82.6 Å². The van der Waals surface area contributed by atoms with Gasteiger partial charge in [-0.25, -0.2) is 0 Å². The Labute approximate surface area is 169 Å². The smallest absolute Gasteiger partial charge is 0.163 e. The molecule has 0 saturated carbocycles. The van der Waals surface area contributed by atoms with Crippen molar-refractivity contribution < 1.29 is 13.9 Å². The maximum Gasteiger partial charge on any atom is 0.163 e. The van der Waals surface area contributed by atoms with Crippen molar-refractivity contribution in [2.24, 2.45) is 0 Å². The fourth-order valence-electron chi connectivity index (χ4n) is 4.27. The highest BCUT2D eigenvalue weighted by Gasteiger charge is 2.37. The van der Waals surface area contributed by atoms with Gasteiger partial charge >= 0.3 is 0 Å². The lowest BCUT2D eigenvalue weighted by molar-refractivity contribution is -0.116. The first kappa shape index (κ1) is 17.6. The Bertz CT molecular complexity index is 1070. The number of carbonyl (C=O) groups excluding carboxylic acids is 1. The van der Waals surface area contributed by atoms with E-state index in [4.69, 9.17) is 9.15 Å². The highest BCUT2D eigenvalue weighted by atomic mass is 16.5. The van der Waals surface area contributed by atoms with Crippen LogP contribution in [0.1, 0.15) is 36.1 Å². The maximum atomic E-state index is 13.3. The number of benzene rings is 2. The van der Waals surface area contributed by atoms with Crippen LogP contribution in [0, 0.1) is 0 Å². The van der Waals surface area contributed by atoms with Crippen LogP contribution in [0.2, 0.25) is 0 Å². The minimum atomic E-state index is -0.305. The molecule has 0 amide bonds. The van der Waals surface area contributed by atoms with Gasteiger partial charge in [0.05, 0.1) is 24.7 Å². The summed E-state index contributed by atoms with van der Waals surface area (Å²) < 4.78 is 11.0. The molecule has 0 spiro atoms. The Morgan fingerprint density at radius 3 is 2.48 bits per heavy atom. The fourth-order valence-corrected chi connectivity index (χ4v) is 4.27. The summed E-state index contributed by atoms with van der Waals surface area (Å²) in [4.78, 5) is 13.3. The summed E-state index contributed by atoms with van der Waals surface area (Å²) in [6, 6.07) is 19.5. The highest BCUT2D eigenvalue weighted by Crippen LogP contribution is 2.44. The van der Waals surface area contributed by atoms with E-state index >= 15 is 0 Å². The number of carbonyl (C=O) groups is 1. The topological polar surface area (TPSA) is 63.5 Å². The van der Waals surface area contributed by atoms with Gasteiger partial charge in [-0.05, 0) is 54.3 Å². The SMILES string of the molecule is COc1ccc([C@H]2CC(=O)C3=C(C2)Nc2ccccc2N[C@H]3c2ccco2)cc1. The van der Waals surface area contributed by atoms with Gasteiger partial charge in [0.25, 0.3) is 0 Å². The summed E-state index contributed by atoms with van der Waals surface area (Å²) in [5, 5.41) is 7.05. The molecular weight excluding hydrogens is 364 g/mol. The average molecular weight is 386 g/mol. The van der Waals surface area contributed by atoms with Gasteiger partial charge in [0.2, 0.25) is 0 Å². The van der Waals surface area contributed by atoms with Crippen LogP contribution < -0.4 is 15.4 Å². The van der Waals surface area contributed by atoms with Crippen molar-refractivity contribution >= 4 is 17.2 Å². The van der Waals surface area contributed by atoms with Gasteiger partial charge in [0.1, 0.15) is 17.6 Å². The second-order valence-electron chi connectivity index (χ2n) is 7.46. The van der Waals surface area contributed by atoms with Crippen LogP contribution in [0.4, 0.5) is 11.4 Å². The first-order valence-electron chi connectivity index (χ1n) is 9.79. The zero-order valence-electron chi connectivity index (χ0n) is 16.1. The molecule has 3 aromatic rings. The molecule has 2 heterocycles. The standard InChI is InChI=1S/C24H22N2O3/c1-28-17-10-8-15(9-11-17)16-13-20-23(21(27)14-16)24(22-7-4-12-29-22)26-19-6-3-2-5-18(19)25-20/h2-12,16,24-26H,13-14H2,1H3/t16-,24+/m1/s1. The Morgan fingerprint density at radius 2 is 1.76 bits per heavy atom. The molecule has 1 aromatic heterocycles. The van der Waals surface area contributed by atoms with Crippen molar-refractivity contribution in [2.75, 3.05) is 17.7 Å². The Morgan fingerprint density at radius 1 is 0.966 bits per heavy atom. The van der Waals surface area contributed by atoms with Crippen LogP contribution in [-0.4, -0.2) is 12.9 Å². The quantitative estimate of drug-likeness (QED) is 0.642. The number of furan rings is 1. The third kappa shape index (κ3) is 3.18. The predicted molar refractivity (Wildman–Crippen MR) is 112 cm³/mol. The van der Waals surface area contributed by atoms with Crippen LogP contribution in [0.25, 0.3) is 0 Å². The Balaban J connectivity index is 1.56. The number of methoxy groups -OCH3 is 1. The van der Waals surface area contributed by atoms with Gasteiger partial charge in [0.15, 0.2) is 5.78 Å². The number of nitrogens with one attached hydrogen (secondary N) is 2. The van der Waals surface area contributed by atoms with Crippen LogP contribution >= 0.6 is 0 Å². The van der Waals surface area contributed by atoms with E-state index in [1.165, 1.54) is 0 Å². The molecule has 0 saturated heterocycles. The number of anilines is 2. The number of fused-ring (bicyclic) bond motifs is 1. The monoisotopic (exact) mass is 386 g/mol. The zero-order chi connectivity index (χ0) is 19.8. The summed E-state index contributed by atoms with van der Waals surface area (Å²) in [6.45, 7) is 0. The van der Waals surface area contributed by atoms with Gasteiger partial charge < -0.3 is 19.8 Å². The summed E-state index contributed by atoms with van der Waals surface area (Å²) in [6.07, 6.45) is 2.89. The molecule has 29 heavy (non-hydrogen) atoms. The number of para-hydroxylation sites is 2. The van der Waals surface area contributed by atoms with E-state index in [2.05, 4.69) is 22.8 Å². The summed E-state index contributed by atoms with van der Waals surface area (Å²) in [5.41, 5.74) is 4.80. The number of rotatable bonds is 3. The predicted octanol–water partition coefficient (Wildman–Crippen LogP) is 5.27. The Hall–Kier alpha value is -3.47. The number of ether oxygens (including phenoxy) is 1. The second-order valence-corrected chi connectivity index (χ2v) is 7.46. The average Bonchev–Trinajstić information content (AvgIpc) is 3.22. The summed E-state index contributed by atoms with van der Waals surface area (Å²) in [5.74, 6) is 1.83. The molecule has 2 aromatic carbocycles. The largest absolute Gasteiger partial charge is 0.497 e. The van der Waals surface area contributed by atoms with Crippen molar-refractivity contribution in [3.8, 4) is 5.75 Å². The molecule has 0 fully saturated rings. The van der Waals surface area contributed by atoms with Gasteiger partial charge in [-0.2, -0.15) is 0 Å². The first-order valence-corrected chi connectivity index (χ1v) is 9.79. The third-order valence-corrected chi connectivity index (χ3v) is 5.72. The lowest BCUT2D eigenvalue weighted by Crippen LogP contribution is -2.26. The molecule has 1 aliphatic carbocycles. The number of Topliss-reactive ketones (excluding diaryl/α,β-unsaturated/α-hetero) is 1. The van der Waals surface area contributed by atoms with Gasteiger partial charge in [-0.3, -0.25) is 4.79 Å². The van der Waals surface area contributed by atoms with Crippen molar-refractivity contribution in [3.05, 3.63) is 89.5 Å². The minimum absolute atomic E-state index is 0.127. The van der Waals surface area contributed by atoms with E-state index < -0.39 is 0 Å². The van der Waals surface area contributed by atoms with Crippen molar-refractivity contribution in [1.29, 1.82) is 0 Å². The Kier molecular flexibility index (Phi) is 4.35. The van der Waals surface area contributed by atoms with E-state index in [0.29, 0.717) is 6.42 Å². The fraction of sp³-hybridized carbons (Fsp3) is 0.208. The minimum Gasteiger partial charge on any atom is -0.497 e. The highest BCUT2D eigenvalue weighted by molar-refractivity contribution is 6.01. The van der Waals surface area contributed by atoms with Crippen molar-refractivity contribution in [2.45, 2.75) is 24.8 Å². The molecule has 0 radical (unpaired) electrons. The molecule has 2 aliphatic rings. The molecule has 146 valence electrons. The molecule has 0 unspecified atom stereocenters. The maximum absolute atomic E-state index is 13.3. The molecule has 5 heteroatoms. The van der Waals surface area contributed by atoms with Gasteiger partial charge in [-0.15, -0.1) is 0 Å². The molecule has 5 nitrogen and oxygen atoms in total. The molecule has 5 rings (SSSR count). The van der Waals surface area contributed by atoms with E-state index in [9.17, 15) is 4.79 Å². The number of hydrogen-bond donors (Lipinski definition) is 2. The van der Waals surface area contributed by atoms with Crippen LogP contribution in [0.3, 0.4) is 0 Å². The lowest BCUT2D eigenvalue weighted by Gasteiger charge is -2.29. The van der Waals surface area contributed by atoms with E-state index in [-0.39, 0.29) is 17.7 Å². The summed E-state index contributed by atoms with van der Waals surface area (Å²) in [7, 11) is 1.66. The van der Waals surface area contributed by atoms with E-state index in [1.54, 1.807) is 13.4 Å². The van der Waals surface area contributed by atoms with Gasteiger partial charge in [-0.1, -0.05) is 24.3 Å². The molecule has 2 N–H and O–H groups in total. The van der Waals surface area contributed by atoms with Crippen LogP contribution in [0.5, 0.6) is 5.75 Å². The lowest BCUT2D eigenvalue weighted by atomic mass is 9.79. The van der Waals surface area contributed by atoms with Gasteiger partial charge in [0, 0.05) is 17.7 Å². The molecule has 0 bridgehead atoms. The van der Waals surface area contributed by atoms with Crippen LogP contribution in [-0.2, 0) is 4.79 Å². The normalized spacial score (nSPS) is 20.8. The van der Waals surface area contributed by atoms with E-state index in [1.807, 2.05) is 48.5 Å². The number of hydrogen-bond acceptors (Lipinski definition) is 5. The first-order chi connectivity index (χ1) is 14.2. The number of allylic oxidation sites excluding steroid dienone is 1. The molecular formula is C24H22N2O3. The summed E-state index contributed by atoms with van der Waals surface area (Å²) >= 11 is 0. The van der Waals surface area contributed by atoms with Crippen molar-refractivity contribution in [1.82, 2.24) is 0 Å². The third-order valence-electron chi connectivity index (χ3n) is 5.72. The zero-order valence-corrected chi connectivity index (χ0v) is 16.1.